The standard InChI is InChI=1S/C21H25N3O/c1-2-4-18(5-3-1)22-12-13-25-19-9-6-16(7-10-19)17-8-11-20-21(14-17)24-15-23-20/h6-11,14-15,18,22H,1-5,12-13H2,(H,23,24). The summed E-state index contributed by atoms with van der Waals surface area (Å²) in [6.07, 6.45) is 8.49. The molecule has 0 aliphatic heterocycles. The molecule has 0 saturated heterocycles. The van der Waals surface area contributed by atoms with E-state index in [1.165, 1.54) is 43.2 Å². The molecule has 4 nitrogen and oxygen atoms in total. The van der Waals surface area contributed by atoms with Gasteiger partial charge in [-0.1, -0.05) is 37.5 Å². The highest BCUT2D eigenvalue weighted by Gasteiger charge is 2.11. The van der Waals surface area contributed by atoms with Crippen LogP contribution >= 0.6 is 0 Å². The minimum Gasteiger partial charge on any atom is -0.492 e. The molecule has 0 spiro atoms. The zero-order valence-electron chi connectivity index (χ0n) is 14.5. The highest BCUT2D eigenvalue weighted by Crippen LogP contribution is 2.25. The SMILES string of the molecule is c1nc2ccc(-c3ccc(OCCNC4CCCCC4)cc3)cc2[nH]1. The Bertz CT molecular complexity index is 803. The summed E-state index contributed by atoms with van der Waals surface area (Å²) in [7, 11) is 0. The van der Waals surface area contributed by atoms with E-state index < -0.39 is 0 Å². The van der Waals surface area contributed by atoms with Crippen LogP contribution in [-0.4, -0.2) is 29.2 Å². The van der Waals surface area contributed by atoms with Gasteiger partial charge in [-0.05, 0) is 48.2 Å². The molecule has 0 atom stereocenters. The number of aromatic amines is 1. The second kappa shape index (κ2) is 7.70. The number of rotatable bonds is 6. The fraction of sp³-hybridized carbons (Fsp3) is 0.381. The number of benzene rings is 2. The van der Waals surface area contributed by atoms with Crippen molar-refractivity contribution < 1.29 is 4.74 Å². The molecule has 4 heteroatoms. The van der Waals surface area contributed by atoms with Crippen molar-refractivity contribution in [3.8, 4) is 16.9 Å². The predicted molar refractivity (Wildman–Crippen MR) is 102 cm³/mol. The maximum Gasteiger partial charge on any atom is 0.119 e. The molecule has 25 heavy (non-hydrogen) atoms. The van der Waals surface area contributed by atoms with Gasteiger partial charge in [-0.15, -0.1) is 0 Å². The third kappa shape index (κ3) is 4.02. The average Bonchev–Trinajstić information content (AvgIpc) is 3.14. The highest BCUT2D eigenvalue weighted by atomic mass is 16.5. The minimum atomic E-state index is 0.692. The van der Waals surface area contributed by atoms with Crippen LogP contribution < -0.4 is 10.1 Å². The Hall–Kier alpha value is -2.33. The summed E-state index contributed by atoms with van der Waals surface area (Å²) in [5.41, 5.74) is 4.42. The lowest BCUT2D eigenvalue weighted by Gasteiger charge is -2.22. The maximum atomic E-state index is 5.87. The third-order valence-electron chi connectivity index (χ3n) is 5.02. The fourth-order valence-electron chi connectivity index (χ4n) is 3.60. The van der Waals surface area contributed by atoms with Gasteiger partial charge in [-0.3, -0.25) is 0 Å². The fourth-order valence-corrected chi connectivity index (χ4v) is 3.60. The van der Waals surface area contributed by atoms with Gasteiger partial charge >= 0.3 is 0 Å². The Labute approximate surface area is 148 Å². The van der Waals surface area contributed by atoms with Crippen LogP contribution in [-0.2, 0) is 0 Å². The van der Waals surface area contributed by atoms with E-state index in [0.29, 0.717) is 6.04 Å². The predicted octanol–water partition coefficient (Wildman–Crippen LogP) is 4.53. The quantitative estimate of drug-likeness (QED) is 0.651. The van der Waals surface area contributed by atoms with Crippen molar-refractivity contribution in [3.63, 3.8) is 0 Å². The molecule has 3 aromatic rings. The first-order valence-electron chi connectivity index (χ1n) is 9.28. The van der Waals surface area contributed by atoms with Gasteiger partial charge in [0.05, 0.1) is 17.4 Å². The van der Waals surface area contributed by atoms with E-state index in [9.17, 15) is 0 Å². The Morgan fingerprint density at radius 3 is 2.64 bits per heavy atom. The first kappa shape index (κ1) is 16.2. The summed E-state index contributed by atoms with van der Waals surface area (Å²) < 4.78 is 5.87. The van der Waals surface area contributed by atoms with Gasteiger partial charge in [-0.2, -0.15) is 0 Å². The summed E-state index contributed by atoms with van der Waals surface area (Å²) >= 11 is 0. The Morgan fingerprint density at radius 2 is 1.80 bits per heavy atom. The molecule has 1 fully saturated rings. The van der Waals surface area contributed by atoms with Crippen molar-refractivity contribution in [2.45, 2.75) is 38.1 Å². The normalized spacial score (nSPS) is 15.5. The van der Waals surface area contributed by atoms with Gasteiger partial charge < -0.3 is 15.0 Å². The van der Waals surface area contributed by atoms with Gasteiger partial charge in [0, 0.05) is 12.6 Å². The van der Waals surface area contributed by atoms with Crippen LogP contribution in [0.3, 0.4) is 0 Å². The zero-order valence-corrected chi connectivity index (χ0v) is 14.5. The molecule has 2 aromatic carbocycles. The number of aromatic nitrogens is 2. The summed E-state index contributed by atoms with van der Waals surface area (Å²) in [5, 5.41) is 3.61. The Kier molecular flexibility index (Phi) is 4.98. The Balaban J connectivity index is 1.30. The van der Waals surface area contributed by atoms with E-state index in [1.807, 2.05) is 18.2 Å². The summed E-state index contributed by atoms with van der Waals surface area (Å²) in [4.78, 5) is 7.42. The molecule has 0 unspecified atom stereocenters. The number of H-pyrrole nitrogens is 1. The number of hydrogen-bond acceptors (Lipinski definition) is 3. The largest absolute Gasteiger partial charge is 0.492 e. The monoisotopic (exact) mass is 335 g/mol. The smallest absolute Gasteiger partial charge is 0.119 e. The lowest BCUT2D eigenvalue weighted by atomic mass is 9.96. The lowest BCUT2D eigenvalue weighted by Crippen LogP contribution is -2.34. The van der Waals surface area contributed by atoms with Crippen molar-refractivity contribution in [2.24, 2.45) is 0 Å². The summed E-state index contributed by atoms with van der Waals surface area (Å²) in [6.45, 7) is 1.64. The number of nitrogens with zero attached hydrogens (tertiary/aromatic N) is 1. The van der Waals surface area contributed by atoms with Gasteiger partial charge in [0.25, 0.3) is 0 Å². The third-order valence-corrected chi connectivity index (χ3v) is 5.02. The topological polar surface area (TPSA) is 49.9 Å². The van der Waals surface area contributed by atoms with Crippen LogP contribution in [0.5, 0.6) is 5.75 Å². The Morgan fingerprint density at radius 1 is 1.00 bits per heavy atom. The first-order valence-corrected chi connectivity index (χ1v) is 9.28. The van der Waals surface area contributed by atoms with E-state index in [1.54, 1.807) is 6.33 Å². The van der Waals surface area contributed by atoms with Crippen molar-refractivity contribution in [1.29, 1.82) is 0 Å². The summed E-state index contributed by atoms with van der Waals surface area (Å²) in [6, 6.07) is 15.3. The molecule has 2 N–H and O–H groups in total. The van der Waals surface area contributed by atoms with Gasteiger partial charge in [0.2, 0.25) is 0 Å². The maximum absolute atomic E-state index is 5.87. The van der Waals surface area contributed by atoms with Crippen LogP contribution in [0.25, 0.3) is 22.2 Å². The number of imidazole rings is 1. The second-order valence-corrected chi connectivity index (χ2v) is 6.80. The molecule has 130 valence electrons. The van der Waals surface area contributed by atoms with Crippen LogP contribution in [0.1, 0.15) is 32.1 Å². The molecule has 1 heterocycles. The lowest BCUT2D eigenvalue weighted by molar-refractivity contribution is 0.289. The van der Waals surface area contributed by atoms with Gasteiger partial charge in [-0.25, -0.2) is 4.98 Å². The number of ether oxygens (including phenoxy) is 1. The van der Waals surface area contributed by atoms with Crippen molar-refractivity contribution in [3.05, 3.63) is 48.8 Å². The van der Waals surface area contributed by atoms with Crippen LogP contribution in [0, 0.1) is 0 Å². The van der Waals surface area contributed by atoms with Gasteiger partial charge in [0.15, 0.2) is 0 Å². The van der Waals surface area contributed by atoms with E-state index >= 15 is 0 Å². The van der Waals surface area contributed by atoms with Crippen molar-refractivity contribution >= 4 is 11.0 Å². The zero-order chi connectivity index (χ0) is 16.9. The van der Waals surface area contributed by atoms with Crippen LogP contribution in [0.15, 0.2) is 48.8 Å². The van der Waals surface area contributed by atoms with Crippen LogP contribution in [0.2, 0.25) is 0 Å². The number of fused-ring (bicyclic) bond motifs is 1. The van der Waals surface area contributed by atoms with Gasteiger partial charge in [0.1, 0.15) is 12.4 Å². The van der Waals surface area contributed by atoms with E-state index in [0.717, 1.165) is 29.9 Å². The number of hydrogen-bond donors (Lipinski definition) is 2. The van der Waals surface area contributed by atoms with Crippen molar-refractivity contribution in [1.82, 2.24) is 15.3 Å². The molecule has 1 saturated carbocycles. The van der Waals surface area contributed by atoms with E-state index in [2.05, 4.69) is 39.6 Å². The first-order chi connectivity index (χ1) is 12.4. The number of nitrogens with one attached hydrogen (secondary N) is 2. The molecule has 1 aliphatic rings. The molecule has 4 rings (SSSR count). The molecule has 1 aliphatic carbocycles. The molecular weight excluding hydrogens is 310 g/mol. The van der Waals surface area contributed by atoms with Crippen molar-refractivity contribution in [2.75, 3.05) is 13.2 Å². The molecule has 0 radical (unpaired) electrons. The molecule has 0 bridgehead atoms. The van der Waals surface area contributed by atoms with E-state index in [-0.39, 0.29) is 0 Å². The van der Waals surface area contributed by atoms with E-state index in [4.69, 9.17) is 4.74 Å². The highest BCUT2D eigenvalue weighted by molar-refractivity contribution is 5.81. The summed E-state index contributed by atoms with van der Waals surface area (Å²) in [5.74, 6) is 0.928. The molecule has 1 aromatic heterocycles. The molecular formula is C21H25N3O. The van der Waals surface area contributed by atoms with Crippen LogP contribution in [0.4, 0.5) is 0 Å². The minimum absolute atomic E-state index is 0.692. The average molecular weight is 335 g/mol. The molecule has 0 amide bonds. The second-order valence-electron chi connectivity index (χ2n) is 6.80.